The van der Waals surface area contributed by atoms with Crippen LogP contribution in [0.1, 0.15) is 71.6 Å². The molecule has 0 radical (unpaired) electrons. The topological polar surface area (TPSA) is 139 Å². The van der Waals surface area contributed by atoms with Crippen LogP contribution in [-0.2, 0) is 47.7 Å². The Hall–Kier alpha value is -3.30. The zero-order chi connectivity index (χ0) is 28.8. The molecule has 0 aromatic carbocycles. The Morgan fingerprint density at radius 3 is 1.82 bits per heavy atom. The highest BCUT2D eigenvalue weighted by Gasteiger charge is 2.48. The zero-order valence-electron chi connectivity index (χ0n) is 22.7. The highest BCUT2D eigenvalue weighted by Crippen LogP contribution is 2.39. The lowest BCUT2D eigenvalue weighted by atomic mass is 9.67. The molecule has 1 rings (SSSR count). The van der Waals surface area contributed by atoms with Crippen LogP contribution in [0.2, 0.25) is 0 Å². The smallest absolute Gasteiger partial charge is 0.330 e. The summed E-state index contributed by atoms with van der Waals surface area (Å²) in [6, 6.07) is 0. The number of ether oxygens (including phenoxy) is 4. The number of hydrogen-bond acceptors (Lipinski definition) is 10. The Bertz CT molecular complexity index is 875. The number of carbonyl (C=O) groups excluding carboxylic acids is 6. The maximum Gasteiger partial charge on any atom is 0.330 e. The van der Waals surface area contributed by atoms with E-state index in [1.165, 1.54) is 14.0 Å². The highest BCUT2D eigenvalue weighted by molar-refractivity contribution is 6.09. The second-order valence-electron chi connectivity index (χ2n) is 9.73. The van der Waals surface area contributed by atoms with E-state index in [-0.39, 0.29) is 44.4 Å². The quantitative estimate of drug-likeness (QED) is 0.117. The van der Waals surface area contributed by atoms with E-state index in [2.05, 4.69) is 13.2 Å². The first-order valence-electron chi connectivity index (χ1n) is 12.9. The molecule has 0 aromatic rings. The second-order valence-corrected chi connectivity index (χ2v) is 9.73. The monoisotopic (exact) mass is 536 g/mol. The van der Waals surface area contributed by atoms with Gasteiger partial charge in [0.25, 0.3) is 0 Å². The third-order valence-corrected chi connectivity index (χ3v) is 7.22. The maximum atomic E-state index is 13.6. The van der Waals surface area contributed by atoms with E-state index in [9.17, 15) is 28.8 Å². The first-order chi connectivity index (χ1) is 18.0. The van der Waals surface area contributed by atoms with Crippen LogP contribution in [0.15, 0.2) is 25.3 Å². The molecule has 1 fully saturated rings. The summed E-state index contributed by atoms with van der Waals surface area (Å²) >= 11 is 0. The number of ketones is 2. The Balaban J connectivity index is 3.04. The van der Waals surface area contributed by atoms with Crippen LogP contribution < -0.4 is 0 Å². The van der Waals surface area contributed by atoms with Crippen molar-refractivity contribution in [2.24, 2.45) is 16.7 Å². The predicted molar refractivity (Wildman–Crippen MR) is 137 cm³/mol. The fourth-order valence-electron chi connectivity index (χ4n) is 4.47. The molecule has 0 aliphatic heterocycles. The molecule has 10 heteroatoms. The second kappa shape index (κ2) is 15.8. The summed E-state index contributed by atoms with van der Waals surface area (Å²) in [6.45, 7) is 8.97. The van der Waals surface area contributed by atoms with E-state index < -0.39 is 46.9 Å². The number of Topliss-reactive ketones (excluding diaryl/α,β-unsaturated/α-hetero) is 2. The number of hydrogen-bond donors (Lipinski definition) is 0. The van der Waals surface area contributed by atoms with E-state index >= 15 is 0 Å². The number of carbonyl (C=O) groups is 6. The van der Waals surface area contributed by atoms with Crippen molar-refractivity contribution in [2.75, 3.05) is 26.9 Å². The Morgan fingerprint density at radius 2 is 1.37 bits per heavy atom. The van der Waals surface area contributed by atoms with Gasteiger partial charge in [0, 0.05) is 24.5 Å². The van der Waals surface area contributed by atoms with Crippen molar-refractivity contribution in [2.45, 2.75) is 71.6 Å². The van der Waals surface area contributed by atoms with Gasteiger partial charge < -0.3 is 18.9 Å². The van der Waals surface area contributed by atoms with Gasteiger partial charge in [0.2, 0.25) is 0 Å². The van der Waals surface area contributed by atoms with Crippen molar-refractivity contribution < 1.29 is 47.7 Å². The largest absolute Gasteiger partial charge is 0.469 e. The molecule has 1 unspecified atom stereocenters. The van der Waals surface area contributed by atoms with Gasteiger partial charge in [-0.15, -0.1) is 0 Å². The lowest BCUT2D eigenvalue weighted by Crippen LogP contribution is -2.45. The molecule has 0 spiro atoms. The Kier molecular flexibility index (Phi) is 13.6. The van der Waals surface area contributed by atoms with Crippen LogP contribution in [0.3, 0.4) is 0 Å². The standard InChI is InChI=1S/C28H40O10/c1-6-22(30)36-17-27(8-3,18-37-23(31)7-2)19-38-24(32)14-15-28(20(4)29,16-25(33)35-5)26(34)21-12-10-9-11-13-21/h6-7,21H,1-2,8-19H2,3-5H3. The third-order valence-electron chi connectivity index (χ3n) is 7.22. The van der Waals surface area contributed by atoms with E-state index in [1.807, 2.05) is 0 Å². The minimum Gasteiger partial charge on any atom is -0.469 e. The van der Waals surface area contributed by atoms with Gasteiger partial charge in [-0.25, -0.2) is 9.59 Å². The lowest BCUT2D eigenvalue weighted by Gasteiger charge is -2.34. The lowest BCUT2D eigenvalue weighted by molar-refractivity contribution is -0.160. The van der Waals surface area contributed by atoms with Crippen molar-refractivity contribution in [1.29, 1.82) is 0 Å². The maximum absolute atomic E-state index is 13.6. The molecule has 10 nitrogen and oxygen atoms in total. The van der Waals surface area contributed by atoms with Crippen LogP contribution in [0, 0.1) is 16.7 Å². The molecule has 1 saturated carbocycles. The van der Waals surface area contributed by atoms with E-state index in [1.54, 1.807) is 6.92 Å². The van der Waals surface area contributed by atoms with Gasteiger partial charge in [-0.1, -0.05) is 39.3 Å². The summed E-state index contributed by atoms with van der Waals surface area (Å²) in [7, 11) is 1.18. The van der Waals surface area contributed by atoms with Gasteiger partial charge in [-0.2, -0.15) is 0 Å². The van der Waals surface area contributed by atoms with Crippen molar-refractivity contribution in [3.05, 3.63) is 25.3 Å². The minimum atomic E-state index is -1.69. The van der Waals surface area contributed by atoms with E-state index in [0.717, 1.165) is 31.4 Å². The molecule has 38 heavy (non-hydrogen) atoms. The number of esters is 4. The SMILES string of the molecule is C=CC(=O)OCC(CC)(COC(=O)C=C)COC(=O)CCC(CC(=O)OC)(C(C)=O)C(=O)C1CCCCC1. The molecule has 212 valence electrons. The van der Waals surface area contributed by atoms with Crippen molar-refractivity contribution in [3.63, 3.8) is 0 Å². The molecule has 0 saturated heterocycles. The van der Waals surface area contributed by atoms with Gasteiger partial charge in [0.15, 0.2) is 0 Å². The first kappa shape index (κ1) is 32.7. The van der Waals surface area contributed by atoms with Crippen LogP contribution in [0.5, 0.6) is 0 Å². The molecule has 0 amide bonds. The van der Waals surface area contributed by atoms with Gasteiger partial charge in [0.1, 0.15) is 31.4 Å². The molecule has 0 heterocycles. The van der Waals surface area contributed by atoms with Gasteiger partial charge >= 0.3 is 23.9 Å². The average Bonchev–Trinajstić information content (AvgIpc) is 2.94. The molecule has 0 aromatic heterocycles. The summed E-state index contributed by atoms with van der Waals surface area (Å²) in [5.74, 6) is -4.02. The van der Waals surface area contributed by atoms with Crippen LogP contribution in [0.25, 0.3) is 0 Å². The molecule has 1 atom stereocenters. The Morgan fingerprint density at radius 1 is 0.842 bits per heavy atom. The van der Waals surface area contributed by atoms with Crippen molar-refractivity contribution >= 4 is 35.4 Å². The van der Waals surface area contributed by atoms with Gasteiger partial charge in [-0.05, 0) is 32.6 Å². The van der Waals surface area contributed by atoms with Crippen molar-refractivity contribution in [1.82, 2.24) is 0 Å². The van der Waals surface area contributed by atoms with Gasteiger partial charge in [-0.3, -0.25) is 19.2 Å². The molecule has 1 aliphatic carbocycles. The molecule has 0 N–H and O–H groups in total. The Labute approximate surface area is 224 Å². The normalized spacial score (nSPS) is 15.3. The zero-order valence-corrected chi connectivity index (χ0v) is 22.7. The summed E-state index contributed by atoms with van der Waals surface area (Å²) in [4.78, 5) is 74.7. The summed E-state index contributed by atoms with van der Waals surface area (Å²) < 4.78 is 20.5. The minimum absolute atomic E-state index is 0.207. The van der Waals surface area contributed by atoms with Crippen LogP contribution >= 0.6 is 0 Å². The van der Waals surface area contributed by atoms with E-state index in [0.29, 0.717) is 19.3 Å². The summed E-state index contributed by atoms with van der Waals surface area (Å²) in [5.41, 5.74) is -2.73. The summed E-state index contributed by atoms with van der Waals surface area (Å²) in [5, 5.41) is 0. The first-order valence-corrected chi connectivity index (χ1v) is 12.9. The van der Waals surface area contributed by atoms with Crippen LogP contribution in [0.4, 0.5) is 0 Å². The molecular weight excluding hydrogens is 496 g/mol. The fraction of sp³-hybridized carbons (Fsp3) is 0.643. The van der Waals surface area contributed by atoms with Crippen molar-refractivity contribution in [3.8, 4) is 0 Å². The highest BCUT2D eigenvalue weighted by atomic mass is 16.6. The van der Waals surface area contributed by atoms with Crippen LogP contribution in [-0.4, -0.2) is 62.4 Å². The fourth-order valence-corrected chi connectivity index (χ4v) is 4.47. The molecule has 1 aliphatic rings. The number of methoxy groups -OCH3 is 1. The third kappa shape index (κ3) is 9.54. The molecule has 0 bridgehead atoms. The molecular formula is C28H40O10. The van der Waals surface area contributed by atoms with E-state index in [4.69, 9.17) is 18.9 Å². The predicted octanol–water partition coefficient (Wildman–Crippen LogP) is 3.45. The van der Waals surface area contributed by atoms with Gasteiger partial charge in [0.05, 0.1) is 24.4 Å². The number of rotatable bonds is 17. The average molecular weight is 537 g/mol. The summed E-state index contributed by atoms with van der Waals surface area (Å²) in [6.07, 6.45) is 5.29.